The number of piperidine rings is 1. The summed E-state index contributed by atoms with van der Waals surface area (Å²) in [7, 11) is 0. The summed E-state index contributed by atoms with van der Waals surface area (Å²) >= 11 is 0. The summed E-state index contributed by atoms with van der Waals surface area (Å²) < 4.78 is 0. The summed E-state index contributed by atoms with van der Waals surface area (Å²) in [5.41, 5.74) is 1.52. The van der Waals surface area contributed by atoms with Crippen LogP contribution in [0, 0.1) is 5.92 Å². The lowest BCUT2D eigenvalue weighted by molar-refractivity contribution is -0.119. The first-order valence-corrected chi connectivity index (χ1v) is 9.86. The number of aromatic nitrogens is 1. The number of carboxylic acid groups (broad SMARTS) is 1. The normalized spacial score (nSPS) is 18.0. The third-order valence-electron chi connectivity index (χ3n) is 5.70. The maximum atomic E-state index is 12.4. The molecule has 1 saturated heterocycles. The van der Waals surface area contributed by atoms with Crippen molar-refractivity contribution < 1.29 is 14.7 Å². The van der Waals surface area contributed by atoms with Crippen LogP contribution in [0.3, 0.4) is 0 Å². The lowest BCUT2D eigenvalue weighted by Gasteiger charge is -2.28. The van der Waals surface area contributed by atoms with Gasteiger partial charge < -0.3 is 15.3 Å². The van der Waals surface area contributed by atoms with Gasteiger partial charge in [0.2, 0.25) is 5.91 Å². The molecule has 2 N–H and O–H groups in total. The van der Waals surface area contributed by atoms with Crippen LogP contribution < -0.4 is 10.2 Å². The number of aromatic carboxylic acids is 1. The largest absolute Gasteiger partial charge is 0.478 e. The highest BCUT2D eigenvalue weighted by Crippen LogP contribution is 2.29. The number of rotatable bonds is 4. The number of carbonyl (C=O) groups is 2. The van der Waals surface area contributed by atoms with E-state index in [1.54, 1.807) is 18.2 Å². The molecule has 2 aromatic rings. The van der Waals surface area contributed by atoms with Gasteiger partial charge in [0, 0.05) is 30.1 Å². The zero-order valence-electron chi connectivity index (χ0n) is 15.4. The zero-order valence-corrected chi connectivity index (χ0v) is 15.4. The molecule has 142 valence electrons. The van der Waals surface area contributed by atoms with Crippen LogP contribution in [0.4, 0.5) is 11.5 Å². The third-order valence-corrected chi connectivity index (χ3v) is 5.70. The van der Waals surface area contributed by atoms with Crippen LogP contribution in [0.1, 0.15) is 55.3 Å². The number of carbonyl (C=O) groups excluding carboxylic acids is 1. The van der Waals surface area contributed by atoms with Gasteiger partial charge >= 0.3 is 5.97 Å². The highest BCUT2D eigenvalue weighted by molar-refractivity contribution is 6.05. The zero-order chi connectivity index (χ0) is 18.8. The lowest BCUT2D eigenvalue weighted by Crippen LogP contribution is -2.30. The molecule has 2 aliphatic rings. The second-order valence-corrected chi connectivity index (χ2v) is 7.58. The summed E-state index contributed by atoms with van der Waals surface area (Å²) in [5, 5.41) is 13.2. The summed E-state index contributed by atoms with van der Waals surface area (Å²) in [4.78, 5) is 31.1. The standard InChI is InChI=1S/C21H25N3O3/c25-20(14-6-2-3-7-14)22-15-8-9-18-16(12-15)17(21(26)27)13-19(23-18)24-10-4-1-5-11-24/h8-9,12-14H,1-7,10-11H2,(H,22,25)(H,26,27). The SMILES string of the molecule is O=C(O)c1cc(N2CCCCC2)nc2ccc(NC(=O)C3CCCC3)cc12. The van der Waals surface area contributed by atoms with Crippen LogP contribution in [-0.2, 0) is 4.79 Å². The fourth-order valence-corrected chi connectivity index (χ4v) is 4.18. The molecule has 6 heteroatoms. The first kappa shape index (κ1) is 17.8. The van der Waals surface area contributed by atoms with Crippen molar-refractivity contribution in [3.63, 3.8) is 0 Å². The number of nitrogens with zero attached hydrogens (tertiary/aromatic N) is 2. The number of amides is 1. The van der Waals surface area contributed by atoms with E-state index < -0.39 is 5.97 Å². The van der Waals surface area contributed by atoms with Gasteiger partial charge in [-0.25, -0.2) is 9.78 Å². The molecule has 2 heterocycles. The van der Waals surface area contributed by atoms with Crippen molar-refractivity contribution >= 4 is 34.3 Å². The molecule has 1 aliphatic carbocycles. The van der Waals surface area contributed by atoms with Crippen LogP contribution in [0.25, 0.3) is 10.9 Å². The first-order valence-electron chi connectivity index (χ1n) is 9.86. The molecule has 0 spiro atoms. The number of pyridine rings is 1. The second kappa shape index (κ2) is 7.55. The molecule has 1 aliphatic heterocycles. The minimum absolute atomic E-state index is 0.0293. The van der Waals surface area contributed by atoms with Gasteiger partial charge in [0.15, 0.2) is 0 Å². The number of anilines is 2. The Morgan fingerprint density at radius 3 is 2.48 bits per heavy atom. The predicted octanol–water partition coefficient (Wildman–Crippen LogP) is 4.05. The Morgan fingerprint density at radius 1 is 1.04 bits per heavy atom. The molecule has 0 radical (unpaired) electrons. The van der Waals surface area contributed by atoms with E-state index in [0.29, 0.717) is 16.6 Å². The average molecular weight is 367 g/mol. The molecule has 27 heavy (non-hydrogen) atoms. The maximum absolute atomic E-state index is 12.4. The first-order chi connectivity index (χ1) is 13.1. The lowest BCUT2D eigenvalue weighted by atomic mass is 10.1. The quantitative estimate of drug-likeness (QED) is 0.852. The molecule has 4 rings (SSSR count). The van der Waals surface area contributed by atoms with E-state index in [-0.39, 0.29) is 17.4 Å². The van der Waals surface area contributed by atoms with Gasteiger partial charge in [0.1, 0.15) is 5.82 Å². The van der Waals surface area contributed by atoms with Gasteiger partial charge in [-0.05, 0) is 56.4 Å². The fraction of sp³-hybridized carbons (Fsp3) is 0.476. The molecule has 0 atom stereocenters. The maximum Gasteiger partial charge on any atom is 0.336 e. The Labute approximate surface area is 158 Å². The predicted molar refractivity (Wildman–Crippen MR) is 105 cm³/mol. The van der Waals surface area contributed by atoms with Crippen molar-refractivity contribution in [2.75, 3.05) is 23.3 Å². The Balaban J connectivity index is 1.66. The summed E-state index contributed by atoms with van der Waals surface area (Å²) in [5.74, 6) is -0.150. The molecule has 1 aromatic heterocycles. The number of nitrogens with one attached hydrogen (secondary N) is 1. The third kappa shape index (κ3) is 3.75. The van der Waals surface area contributed by atoms with Crippen molar-refractivity contribution in [2.45, 2.75) is 44.9 Å². The molecule has 2 fully saturated rings. The van der Waals surface area contributed by atoms with E-state index in [2.05, 4.69) is 15.2 Å². The smallest absolute Gasteiger partial charge is 0.336 e. The molecule has 1 amide bonds. The minimum atomic E-state index is -0.972. The van der Waals surface area contributed by atoms with Crippen LogP contribution in [0.2, 0.25) is 0 Å². The van der Waals surface area contributed by atoms with Crippen LogP contribution >= 0.6 is 0 Å². The Bertz CT molecular complexity index is 868. The van der Waals surface area contributed by atoms with Crippen molar-refractivity contribution in [3.8, 4) is 0 Å². The van der Waals surface area contributed by atoms with E-state index in [0.717, 1.165) is 57.4 Å². The van der Waals surface area contributed by atoms with Crippen LogP contribution in [0.15, 0.2) is 24.3 Å². The minimum Gasteiger partial charge on any atom is -0.478 e. The molecular weight excluding hydrogens is 342 g/mol. The topological polar surface area (TPSA) is 82.5 Å². The summed E-state index contributed by atoms with van der Waals surface area (Å²) in [6, 6.07) is 7.02. The summed E-state index contributed by atoms with van der Waals surface area (Å²) in [6.07, 6.45) is 7.48. The van der Waals surface area contributed by atoms with Gasteiger partial charge in [-0.15, -0.1) is 0 Å². The number of fused-ring (bicyclic) bond motifs is 1. The van der Waals surface area contributed by atoms with E-state index in [4.69, 9.17) is 0 Å². The molecule has 6 nitrogen and oxygen atoms in total. The Kier molecular flexibility index (Phi) is 4.97. The van der Waals surface area contributed by atoms with Crippen molar-refractivity contribution in [1.82, 2.24) is 4.98 Å². The van der Waals surface area contributed by atoms with E-state index >= 15 is 0 Å². The van der Waals surface area contributed by atoms with Gasteiger partial charge in [-0.2, -0.15) is 0 Å². The van der Waals surface area contributed by atoms with Crippen molar-refractivity contribution in [2.24, 2.45) is 5.92 Å². The number of hydrogen-bond donors (Lipinski definition) is 2. The van der Waals surface area contributed by atoms with Gasteiger partial charge in [-0.1, -0.05) is 12.8 Å². The average Bonchev–Trinajstić information content (AvgIpc) is 3.22. The Hall–Kier alpha value is -2.63. The van der Waals surface area contributed by atoms with E-state index in [1.165, 1.54) is 6.42 Å². The van der Waals surface area contributed by atoms with Crippen LogP contribution in [0.5, 0.6) is 0 Å². The Morgan fingerprint density at radius 2 is 1.78 bits per heavy atom. The highest BCUT2D eigenvalue weighted by atomic mass is 16.4. The van der Waals surface area contributed by atoms with E-state index in [1.807, 2.05) is 6.07 Å². The molecule has 0 unspecified atom stereocenters. The van der Waals surface area contributed by atoms with Crippen molar-refractivity contribution in [3.05, 3.63) is 29.8 Å². The molecule has 0 bridgehead atoms. The number of hydrogen-bond acceptors (Lipinski definition) is 4. The van der Waals surface area contributed by atoms with Gasteiger partial charge in [0.25, 0.3) is 0 Å². The summed E-state index contributed by atoms with van der Waals surface area (Å²) in [6.45, 7) is 1.82. The monoisotopic (exact) mass is 367 g/mol. The fourth-order valence-electron chi connectivity index (χ4n) is 4.18. The van der Waals surface area contributed by atoms with Crippen molar-refractivity contribution in [1.29, 1.82) is 0 Å². The number of benzene rings is 1. The van der Waals surface area contributed by atoms with Gasteiger partial charge in [-0.3, -0.25) is 4.79 Å². The second-order valence-electron chi connectivity index (χ2n) is 7.58. The van der Waals surface area contributed by atoms with Gasteiger partial charge in [0.05, 0.1) is 11.1 Å². The van der Waals surface area contributed by atoms with E-state index in [9.17, 15) is 14.7 Å². The number of carboxylic acids is 1. The highest BCUT2D eigenvalue weighted by Gasteiger charge is 2.23. The molecule has 1 aromatic carbocycles. The molecule has 1 saturated carbocycles. The van der Waals surface area contributed by atoms with Crippen LogP contribution in [-0.4, -0.2) is 35.1 Å². The molecular formula is C21H25N3O3.